The van der Waals surface area contributed by atoms with Crippen LogP contribution in [0.5, 0.6) is 11.5 Å². The van der Waals surface area contributed by atoms with Gasteiger partial charge in [-0.15, -0.1) is 12.4 Å². The molecule has 21 heavy (non-hydrogen) atoms. The van der Waals surface area contributed by atoms with Gasteiger partial charge in [-0.1, -0.05) is 0 Å². The van der Waals surface area contributed by atoms with Gasteiger partial charge in [0.1, 0.15) is 0 Å². The lowest BCUT2D eigenvalue weighted by Gasteiger charge is -2.12. The van der Waals surface area contributed by atoms with Gasteiger partial charge in [-0.05, 0) is 44.4 Å². The van der Waals surface area contributed by atoms with Crippen molar-refractivity contribution in [2.75, 3.05) is 32.1 Å². The molecule has 0 unspecified atom stereocenters. The van der Waals surface area contributed by atoms with E-state index in [9.17, 15) is 4.79 Å². The van der Waals surface area contributed by atoms with E-state index in [4.69, 9.17) is 9.47 Å². The fourth-order valence-electron chi connectivity index (χ4n) is 1.94. The Morgan fingerprint density at radius 2 is 2.10 bits per heavy atom. The van der Waals surface area contributed by atoms with Crippen molar-refractivity contribution in [1.29, 1.82) is 0 Å². The maximum Gasteiger partial charge on any atom is 0.238 e. The van der Waals surface area contributed by atoms with E-state index in [2.05, 4.69) is 10.6 Å². The highest BCUT2D eigenvalue weighted by atomic mass is 35.5. The number of benzene rings is 1. The highest BCUT2D eigenvalue weighted by molar-refractivity contribution is 5.92. The third-order valence-electron chi connectivity index (χ3n) is 3.16. The van der Waals surface area contributed by atoms with E-state index >= 15 is 0 Å². The van der Waals surface area contributed by atoms with Crippen LogP contribution in [0.1, 0.15) is 19.8 Å². The Morgan fingerprint density at radius 1 is 1.33 bits per heavy atom. The third-order valence-corrected chi connectivity index (χ3v) is 3.16. The summed E-state index contributed by atoms with van der Waals surface area (Å²) < 4.78 is 10.7. The second-order valence-corrected chi connectivity index (χ2v) is 4.92. The first kappa shape index (κ1) is 17.6. The van der Waals surface area contributed by atoms with Crippen molar-refractivity contribution in [2.24, 2.45) is 5.92 Å². The number of carbonyl (C=O) groups is 1. The Hall–Kier alpha value is -1.46. The van der Waals surface area contributed by atoms with Crippen molar-refractivity contribution in [2.45, 2.75) is 19.8 Å². The summed E-state index contributed by atoms with van der Waals surface area (Å²) in [5.74, 6) is 2.03. The molecule has 5 nitrogen and oxygen atoms in total. The Balaban J connectivity index is 0.00000220. The molecule has 0 heterocycles. The standard InChI is InChI=1S/C15H22N2O3.ClH/c1-3-20-13-7-6-12(8-14(13)19-2)17-15(18)10-16-9-11-4-5-11;/h6-8,11,16H,3-5,9-10H2,1-2H3,(H,17,18);1H. The maximum atomic E-state index is 11.8. The number of hydrogen-bond acceptors (Lipinski definition) is 4. The average Bonchev–Trinajstić information content (AvgIpc) is 3.25. The minimum Gasteiger partial charge on any atom is -0.493 e. The molecule has 0 atom stereocenters. The van der Waals surface area contributed by atoms with Crippen LogP contribution in [0.25, 0.3) is 0 Å². The number of amides is 1. The predicted molar refractivity (Wildman–Crippen MR) is 85.6 cm³/mol. The van der Waals surface area contributed by atoms with Crippen LogP contribution in [0.2, 0.25) is 0 Å². The summed E-state index contributed by atoms with van der Waals surface area (Å²) in [5, 5.41) is 6.00. The summed E-state index contributed by atoms with van der Waals surface area (Å²) in [4.78, 5) is 11.8. The van der Waals surface area contributed by atoms with Crippen LogP contribution >= 0.6 is 12.4 Å². The molecule has 0 aliphatic heterocycles. The molecule has 118 valence electrons. The van der Waals surface area contributed by atoms with Gasteiger partial charge in [0, 0.05) is 11.8 Å². The summed E-state index contributed by atoms with van der Waals surface area (Å²) in [6, 6.07) is 5.38. The zero-order valence-electron chi connectivity index (χ0n) is 12.5. The van der Waals surface area contributed by atoms with Gasteiger partial charge in [0.15, 0.2) is 11.5 Å². The normalized spacial score (nSPS) is 13.2. The van der Waals surface area contributed by atoms with Gasteiger partial charge in [-0.25, -0.2) is 0 Å². The third kappa shape index (κ3) is 5.81. The molecule has 2 rings (SSSR count). The molecule has 0 saturated heterocycles. The number of hydrogen-bond donors (Lipinski definition) is 2. The zero-order chi connectivity index (χ0) is 14.4. The second-order valence-electron chi connectivity index (χ2n) is 4.92. The first-order chi connectivity index (χ1) is 9.72. The van der Waals surface area contributed by atoms with Crippen molar-refractivity contribution in [3.8, 4) is 11.5 Å². The van der Waals surface area contributed by atoms with Crippen LogP contribution in [0.4, 0.5) is 5.69 Å². The Bertz CT molecular complexity index is 464. The lowest BCUT2D eigenvalue weighted by Crippen LogP contribution is -2.29. The molecule has 1 aromatic carbocycles. The Morgan fingerprint density at radius 3 is 2.71 bits per heavy atom. The van der Waals surface area contributed by atoms with Gasteiger partial charge in [-0.3, -0.25) is 4.79 Å². The van der Waals surface area contributed by atoms with E-state index in [-0.39, 0.29) is 18.3 Å². The average molecular weight is 315 g/mol. The number of nitrogens with one attached hydrogen (secondary N) is 2. The fourth-order valence-corrected chi connectivity index (χ4v) is 1.94. The molecule has 2 N–H and O–H groups in total. The summed E-state index contributed by atoms with van der Waals surface area (Å²) in [7, 11) is 1.58. The SMILES string of the molecule is CCOc1ccc(NC(=O)CNCC2CC2)cc1OC.Cl. The molecule has 0 aromatic heterocycles. The molecule has 6 heteroatoms. The molecule has 1 saturated carbocycles. The van der Waals surface area contributed by atoms with E-state index in [0.717, 1.165) is 12.5 Å². The van der Waals surface area contributed by atoms with Crippen LogP contribution in [0.3, 0.4) is 0 Å². The van der Waals surface area contributed by atoms with E-state index in [1.807, 2.05) is 13.0 Å². The number of halogens is 1. The van der Waals surface area contributed by atoms with Crippen molar-refractivity contribution in [3.05, 3.63) is 18.2 Å². The molecule has 1 amide bonds. The van der Waals surface area contributed by atoms with Crippen molar-refractivity contribution >= 4 is 24.0 Å². The van der Waals surface area contributed by atoms with Gasteiger partial charge in [0.25, 0.3) is 0 Å². The number of anilines is 1. The largest absolute Gasteiger partial charge is 0.493 e. The first-order valence-corrected chi connectivity index (χ1v) is 7.04. The Labute approximate surface area is 131 Å². The topological polar surface area (TPSA) is 59.6 Å². The van der Waals surface area contributed by atoms with Crippen molar-refractivity contribution in [3.63, 3.8) is 0 Å². The number of carbonyl (C=O) groups excluding carboxylic acids is 1. The molecule has 1 aliphatic carbocycles. The molecular weight excluding hydrogens is 292 g/mol. The quantitative estimate of drug-likeness (QED) is 0.774. The van der Waals surface area contributed by atoms with Crippen molar-refractivity contribution < 1.29 is 14.3 Å². The second kappa shape index (κ2) is 8.74. The monoisotopic (exact) mass is 314 g/mol. The number of rotatable bonds is 8. The molecule has 0 bridgehead atoms. The summed E-state index contributed by atoms with van der Waals surface area (Å²) in [6.45, 7) is 3.76. The van der Waals surface area contributed by atoms with Gasteiger partial charge in [0.05, 0.1) is 20.3 Å². The molecule has 0 radical (unpaired) electrons. The summed E-state index contributed by atoms with van der Waals surface area (Å²) in [5.41, 5.74) is 0.712. The zero-order valence-corrected chi connectivity index (χ0v) is 13.3. The van der Waals surface area contributed by atoms with Gasteiger partial charge in [0.2, 0.25) is 5.91 Å². The molecule has 1 aromatic rings. The fraction of sp³-hybridized carbons (Fsp3) is 0.533. The van der Waals surface area contributed by atoms with Gasteiger partial charge in [-0.2, -0.15) is 0 Å². The van der Waals surface area contributed by atoms with E-state index in [1.165, 1.54) is 12.8 Å². The summed E-state index contributed by atoms with van der Waals surface area (Å²) in [6.07, 6.45) is 2.56. The van der Waals surface area contributed by atoms with E-state index in [1.54, 1.807) is 19.2 Å². The molecule has 0 spiro atoms. The predicted octanol–water partition coefficient (Wildman–Crippen LogP) is 2.45. The lowest BCUT2D eigenvalue weighted by molar-refractivity contribution is -0.115. The van der Waals surface area contributed by atoms with Crippen molar-refractivity contribution in [1.82, 2.24) is 5.32 Å². The highest BCUT2D eigenvalue weighted by Gasteiger charge is 2.20. The summed E-state index contributed by atoms with van der Waals surface area (Å²) >= 11 is 0. The highest BCUT2D eigenvalue weighted by Crippen LogP contribution is 2.30. The minimum absolute atomic E-state index is 0. The molecule has 1 aliphatic rings. The van der Waals surface area contributed by atoms with Crippen LogP contribution in [-0.4, -0.2) is 32.7 Å². The lowest BCUT2D eigenvalue weighted by atomic mass is 10.2. The molecular formula is C15H23ClN2O3. The number of ether oxygens (including phenoxy) is 2. The first-order valence-electron chi connectivity index (χ1n) is 7.04. The number of methoxy groups -OCH3 is 1. The minimum atomic E-state index is -0.0446. The van der Waals surface area contributed by atoms with Crippen LogP contribution in [0, 0.1) is 5.92 Å². The van der Waals surface area contributed by atoms with Gasteiger partial charge < -0.3 is 20.1 Å². The van der Waals surface area contributed by atoms with Crippen LogP contribution < -0.4 is 20.1 Å². The smallest absolute Gasteiger partial charge is 0.238 e. The van der Waals surface area contributed by atoms with Gasteiger partial charge >= 0.3 is 0 Å². The molecule has 1 fully saturated rings. The Kier molecular flexibility index (Phi) is 7.32. The maximum absolute atomic E-state index is 11.8. The van der Waals surface area contributed by atoms with Crippen LogP contribution in [-0.2, 0) is 4.79 Å². The van der Waals surface area contributed by atoms with E-state index in [0.29, 0.717) is 30.3 Å². The van der Waals surface area contributed by atoms with E-state index < -0.39 is 0 Å². The van der Waals surface area contributed by atoms with Crippen LogP contribution in [0.15, 0.2) is 18.2 Å².